The summed E-state index contributed by atoms with van der Waals surface area (Å²) in [5.41, 5.74) is 0.887. The normalized spacial score (nSPS) is 20.4. The number of nitrogens with one attached hydrogen (secondary N) is 1. The van der Waals surface area contributed by atoms with E-state index in [1.54, 1.807) is 17.8 Å². The van der Waals surface area contributed by atoms with E-state index in [4.69, 9.17) is 23.2 Å². The minimum Gasteiger partial charge on any atom is -0.335 e. The van der Waals surface area contributed by atoms with Crippen LogP contribution in [-0.2, 0) is 0 Å². The highest BCUT2D eigenvalue weighted by Gasteiger charge is 2.11. The zero-order chi connectivity index (χ0) is 11.5. The molecule has 0 amide bonds. The average Bonchev–Trinajstić information content (AvgIpc) is 2.15. The molecule has 2 nitrogen and oxygen atoms in total. The summed E-state index contributed by atoms with van der Waals surface area (Å²) in [5.74, 6) is 1.10. The number of aliphatic imine (C=N–C) groups is 1. The Morgan fingerprint density at radius 2 is 2.00 bits per heavy atom. The number of halogens is 2. The van der Waals surface area contributed by atoms with Crippen molar-refractivity contribution in [1.82, 2.24) is 0 Å². The molecule has 1 aromatic carbocycles. The van der Waals surface area contributed by atoms with Gasteiger partial charge in [0.25, 0.3) is 0 Å². The fourth-order valence-electron chi connectivity index (χ4n) is 1.45. The van der Waals surface area contributed by atoms with Crippen molar-refractivity contribution in [1.29, 1.82) is 0 Å². The van der Waals surface area contributed by atoms with Gasteiger partial charge in [-0.2, -0.15) is 0 Å². The molecule has 1 aromatic rings. The van der Waals surface area contributed by atoms with Crippen molar-refractivity contribution in [2.45, 2.75) is 19.4 Å². The first-order valence-corrected chi connectivity index (χ1v) is 6.81. The molecule has 1 unspecified atom stereocenters. The third-order valence-corrected chi connectivity index (χ3v) is 3.58. The molecule has 16 heavy (non-hydrogen) atoms. The van der Waals surface area contributed by atoms with Crippen LogP contribution in [0, 0.1) is 0 Å². The van der Waals surface area contributed by atoms with E-state index in [-0.39, 0.29) is 0 Å². The van der Waals surface area contributed by atoms with Crippen LogP contribution in [0.3, 0.4) is 0 Å². The van der Waals surface area contributed by atoms with Crippen molar-refractivity contribution in [3.05, 3.63) is 28.2 Å². The molecule has 0 radical (unpaired) electrons. The molecule has 86 valence electrons. The largest absolute Gasteiger partial charge is 0.335 e. The van der Waals surface area contributed by atoms with Gasteiger partial charge in [-0.25, -0.2) is 0 Å². The predicted molar refractivity (Wildman–Crippen MR) is 74.1 cm³/mol. The summed E-state index contributed by atoms with van der Waals surface area (Å²) >= 11 is 13.6. The summed E-state index contributed by atoms with van der Waals surface area (Å²) in [5, 5.41) is 5.44. The van der Waals surface area contributed by atoms with Crippen molar-refractivity contribution < 1.29 is 0 Å². The third-order valence-electron chi connectivity index (χ3n) is 2.23. The SMILES string of the molecule is CC1CCSC(Nc2cc(Cl)cc(Cl)c2)=N1. The highest BCUT2D eigenvalue weighted by molar-refractivity contribution is 8.14. The molecule has 0 saturated heterocycles. The van der Waals surface area contributed by atoms with Gasteiger partial charge in [0.05, 0.1) is 6.04 Å². The van der Waals surface area contributed by atoms with Gasteiger partial charge >= 0.3 is 0 Å². The monoisotopic (exact) mass is 274 g/mol. The first-order chi connectivity index (χ1) is 7.63. The predicted octanol–water partition coefficient (Wildman–Crippen LogP) is 4.29. The Labute approximate surface area is 109 Å². The number of hydrogen-bond donors (Lipinski definition) is 1. The zero-order valence-electron chi connectivity index (χ0n) is 8.84. The lowest BCUT2D eigenvalue weighted by Crippen LogP contribution is -2.17. The van der Waals surface area contributed by atoms with Gasteiger partial charge in [-0.1, -0.05) is 35.0 Å². The molecule has 2 rings (SSSR count). The van der Waals surface area contributed by atoms with Crippen molar-refractivity contribution in [2.75, 3.05) is 11.1 Å². The number of rotatable bonds is 1. The minimum atomic E-state index is 0.387. The van der Waals surface area contributed by atoms with Crippen molar-refractivity contribution in [3.63, 3.8) is 0 Å². The van der Waals surface area contributed by atoms with Crippen molar-refractivity contribution in [3.8, 4) is 0 Å². The molecule has 0 aliphatic carbocycles. The maximum Gasteiger partial charge on any atom is 0.161 e. The molecule has 0 aromatic heterocycles. The summed E-state index contributed by atoms with van der Waals surface area (Å²) in [4.78, 5) is 4.52. The highest BCUT2D eigenvalue weighted by atomic mass is 35.5. The molecule has 0 fully saturated rings. The summed E-state index contributed by atoms with van der Waals surface area (Å²) < 4.78 is 0. The van der Waals surface area contributed by atoms with E-state index in [1.165, 1.54) is 0 Å². The van der Waals surface area contributed by atoms with E-state index in [1.807, 2.05) is 12.1 Å². The molecule has 1 aliphatic rings. The van der Waals surface area contributed by atoms with Crippen molar-refractivity contribution >= 4 is 45.8 Å². The second kappa shape index (κ2) is 5.30. The first-order valence-electron chi connectivity index (χ1n) is 5.07. The van der Waals surface area contributed by atoms with Crippen LogP contribution in [0.25, 0.3) is 0 Å². The van der Waals surface area contributed by atoms with Gasteiger partial charge in [-0.3, -0.25) is 4.99 Å². The van der Waals surface area contributed by atoms with Gasteiger partial charge in [0, 0.05) is 21.5 Å². The number of nitrogens with zero attached hydrogens (tertiary/aromatic N) is 1. The fraction of sp³-hybridized carbons (Fsp3) is 0.364. The van der Waals surface area contributed by atoms with Crippen LogP contribution in [0.4, 0.5) is 5.69 Å². The Kier molecular flexibility index (Phi) is 4.00. The second-order valence-corrected chi connectivity index (χ2v) is 5.66. The quantitative estimate of drug-likeness (QED) is 0.827. The van der Waals surface area contributed by atoms with E-state index in [0.717, 1.165) is 23.0 Å². The maximum atomic E-state index is 5.93. The molecule has 1 aliphatic heterocycles. The van der Waals surface area contributed by atoms with Gasteiger partial charge in [-0.05, 0) is 31.5 Å². The smallest absolute Gasteiger partial charge is 0.161 e. The van der Waals surface area contributed by atoms with Gasteiger partial charge in [-0.15, -0.1) is 0 Å². The fourth-order valence-corrected chi connectivity index (χ4v) is 3.07. The third kappa shape index (κ3) is 3.30. The van der Waals surface area contributed by atoms with E-state index in [0.29, 0.717) is 16.1 Å². The Balaban J connectivity index is 2.14. The van der Waals surface area contributed by atoms with Gasteiger partial charge in [0.2, 0.25) is 0 Å². The average molecular weight is 275 g/mol. The molecular formula is C11H12Cl2N2S. The highest BCUT2D eigenvalue weighted by Crippen LogP contribution is 2.25. The van der Waals surface area contributed by atoms with Crippen LogP contribution >= 0.6 is 35.0 Å². The van der Waals surface area contributed by atoms with E-state index >= 15 is 0 Å². The minimum absolute atomic E-state index is 0.387. The van der Waals surface area contributed by atoms with Crippen LogP contribution in [-0.4, -0.2) is 17.0 Å². The van der Waals surface area contributed by atoms with Gasteiger partial charge in [0.15, 0.2) is 5.17 Å². The van der Waals surface area contributed by atoms with Crippen LogP contribution in [0.1, 0.15) is 13.3 Å². The Bertz CT molecular complexity index is 400. The lowest BCUT2D eigenvalue weighted by Gasteiger charge is -2.17. The summed E-state index contributed by atoms with van der Waals surface area (Å²) in [6.45, 7) is 2.12. The number of thioether (sulfide) groups is 1. The molecule has 0 bridgehead atoms. The molecule has 1 heterocycles. The molecule has 0 spiro atoms. The van der Waals surface area contributed by atoms with E-state index in [2.05, 4.69) is 17.2 Å². The number of amidine groups is 1. The lowest BCUT2D eigenvalue weighted by atomic mass is 10.3. The Hall–Kier alpha value is -0.380. The first kappa shape index (κ1) is 12.1. The van der Waals surface area contributed by atoms with Gasteiger partial charge in [0.1, 0.15) is 0 Å². The van der Waals surface area contributed by atoms with Crippen LogP contribution in [0.15, 0.2) is 23.2 Å². The number of benzene rings is 1. The van der Waals surface area contributed by atoms with E-state index in [9.17, 15) is 0 Å². The molecular weight excluding hydrogens is 263 g/mol. The molecule has 1 atom stereocenters. The van der Waals surface area contributed by atoms with Crippen LogP contribution in [0.5, 0.6) is 0 Å². The number of hydrogen-bond acceptors (Lipinski definition) is 3. The standard InChI is InChI=1S/C11H12Cl2N2S/c1-7-2-3-16-11(14-7)15-10-5-8(12)4-9(13)6-10/h4-7H,2-3H2,1H3,(H,14,15). The molecule has 0 saturated carbocycles. The van der Waals surface area contributed by atoms with E-state index < -0.39 is 0 Å². The summed E-state index contributed by atoms with van der Waals surface area (Å²) in [6, 6.07) is 5.79. The Morgan fingerprint density at radius 3 is 2.62 bits per heavy atom. The Morgan fingerprint density at radius 1 is 1.31 bits per heavy atom. The number of anilines is 1. The lowest BCUT2D eigenvalue weighted by molar-refractivity contribution is 0.720. The zero-order valence-corrected chi connectivity index (χ0v) is 11.2. The maximum absolute atomic E-state index is 5.93. The topological polar surface area (TPSA) is 24.4 Å². The summed E-state index contributed by atoms with van der Waals surface area (Å²) in [7, 11) is 0. The van der Waals surface area contributed by atoms with Crippen molar-refractivity contribution in [2.24, 2.45) is 4.99 Å². The summed E-state index contributed by atoms with van der Waals surface area (Å²) in [6.07, 6.45) is 1.13. The van der Waals surface area contributed by atoms with Crippen LogP contribution < -0.4 is 5.32 Å². The van der Waals surface area contributed by atoms with Crippen LogP contribution in [0.2, 0.25) is 10.0 Å². The van der Waals surface area contributed by atoms with Gasteiger partial charge < -0.3 is 5.32 Å². The second-order valence-electron chi connectivity index (χ2n) is 3.70. The molecule has 1 N–H and O–H groups in total. The molecule has 5 heteroatoms.